The summed E-state index contributed by atoms with van der Waals surface area (Å²) in [5.74, 6) is -1.24. The normalized spacial score (nSPS) is 12.4. The van der Waals surface area contributed by atoms with E-state index in [4.69, 9.17) is 9.47 Å². The van der Waals surface area contributed by atoms with E-state index in [2.05, 4.69) is 10.6 Å². The van der Waals surface area contributed by atoms with Crippen molar-refractivity contribution >= 4 is 12.0 Å². The van der Waals surface area contributed by atoms with Gasteiger partial charge in [-0.3, -0.25) is 4.79 Å². The maximum Gasteiger partial charge on any atom is 0.408 e. The zero-order chi connectivity index (χ0) is 17.6. The number of halogens is 1. The number of benzene rings is 1. The van der Waals surface area contributed by atoms with Crippen LogP contribution >= 0.6 is 0 Å². The van der Waals surface area contributed by atoms with E-state index >= 15 is 0 Å². The van der Waals surface area contributed by atoms with E-state index in [1.165, 1.54) is 19.2 Å². The average Bonchev–Trinajstić information content (AvgIpc) is 2.42. The fourth-order valence-corrected chi connectivity index (χ4v) is 1.79. The zero-order valence-corrected chi connectivity index (χ0v) is 14.0. The maximum absolute atomic E-state index is 14.1. The lowest BCUT2D eigenvalue weighted by Gasteiger charge is -2.22. The van der Waals surface area contributed by atoms with Crippen molar-refractivity contribution in [1.82, 2.24) is 10.6 Å². The molecular formula is C16H23FN2O4. The highest BCUT2D eigenvalue weighted by molar-refractivity contribution is 5.94. The fourth-order valence-electron chi connectivity index (χ4n) is 1.79. The van der Waals surface area contributed by atoms with E-state index in [9.17, 15) is 14.0 Å². The molecule has 0 spiro atoms. The molecule has 0 heterocycles. The molecule has 128 valence electrons. The molecule has 0 aliphatic carbocycles. The summed E-state index contributed by atoms with van der Waals surface area (Å²) < 4.78 is 23.9. The quantitative estimate of drug-likeness (QED) is 0.816. The maximum atomic E-state index is 14.1. The number of carbonyl (C=O) groups is 2. The number of ether oxygens (including phenoxy) is 2. The predicted molar refractivity (Wildman–Crippen MR) is 83.5 cm³/mol. The van der Waals surface area contributed by atoms with Crippen LogP contribution in [0.15, 0.2) is 18.2 Å². The van der Waals surface area contributed by atoms with Crippen LogP contribution in [0.2, 0.25) is 0 Å². The molecule has 0 aliphatic rings. The minimum absolute atomic E-state index is 0.00335. The van der Waals surface area contributed by atoms with Crippen LogP contribution < -0.4 is 10.6 Å². The van der Waals surface area contributed by atoms with Gasteiger partial charge < -0.3 is 20.1 Å². The Morgan fingerprint density at radius 3 is 2.48 bits per heavy atom. The van der Waals surface area contributed by atoms with E-state index in [1.807, 2.05) is 0 Å². The first-order chi connectivity index (χ1) is 10.6. The first-order valence-corrected chi connectivity index (χ1v) is 7.20. The summed E-state index contributed by atoms with van der Waals surface area (Å²) in [4.78, 5) is 23.4. The summed E-state index contributed by atoms with van der Waals surface area (Å²) in [7, 11) is 1.42. The Balaban J connectivity index is 2.76. The molecule has 6 nitrogen and oxygen atoms in total. The molecule has 1 aromatic rings. The van der Waals surface area contributed by atoms with Gasteiger partial charge in [-0.25, -0.2) is 9.18 Å². The van der Waals surface area contributed by atoms with E-state index in [1.54, 1.807) is 33.8 Å². The van der Waals surface area contributed by atoms with Crippen molar-refractivity contribution in [1.29, 1.82) is 0 Å². The highest BCUT2D eigenvalue weighted by atomic mass is 19.1. The van der Waals surface area contributed by atoms with Gasteiger partial charge in [0.2, 0.25) is 0 Å². The van der Waals surface area contributed by atoms with Gasteiger partial charge in [-0.1, -0.05) is 6.07 Å². The number of rotatable bonds is 5. The van der Waals surface area contributed by atoms with Gasteiger partial charge in [-0.2, -0.15) is 0 Å². The smallest absolute Gasteiger partial charge is 0.408 e. The minimum Gasteiger partial charge on any atom is -0.444 e. The largest absolute Gasteiger partial charge is 0.444 e. The molecule has 0 saturated carbocycles. The lowest BCUT2D eigenvalue weighted by atomic mass is 10.1. The van der Waals surface area contributed by atoms with Crippen LogP contribution in [0.3, 0.4) is 0 Å². The Hall–Kier alpha value is -2.15. The van der Waals surface area contributed by atoms with Gasteiger partial charge in [-0.15, -0.1) is 0 Å². The number of methoxy groups -OCH3 is 1. The molecular weight excluding hydrogens is 303 g/mol. The van der Waals surface area contributed by atoms with Crippen LogP contribution in [0.5, 0.6) is 0 Å². The van der Waals surface area contributed by atoms with E-state index in [0.717, 1.165) is 0 Å². The molecule has 1 atom stereocenters. The van der Waals surface area contributed by atoms with Crippen LogP contribution in [0.1, 0.15) is 49.7 Å². The van der Waals surface area contributed by atoms with Crippen LogP contribution in [-0.2, 0) is 9.47 Å². The Morgan fingerprint density at radius 2 is 1.96 bits per heavy atom. The molecule has 0 fully saturated rings. The third kappa shape index (κ3) is 6.23. The number of carbonyl (C=O) groups excluding carboxylic acids is 2. The van der Waals surface area contributed by atoms with Gasteiger partial charge in [0.15, 0.2) is 0 Å². The summed E-state index contributed by atoms with van der Waals surface area (Å²) in [6.45, 7) is 6.96. The summed E-state index contributed by atoms with van der Waals surface area (Å²) in [5.41, 5.74) is -0.176. The highest BCUT2D eigenvalue weighted by Gasteiger charge is 2.19. The van der Waals surface area contributed by atoms with Gasteiger partial charge >= 0.3 is 6.09 Å². The third-order valence-electron chi connectivity index (χ3n) is 2.85. The molecule has 0 bridgehead atoms. The summed E-state index contributed by atoms with van der Waals surface area (Å²) in [5, 5.41) is 5.02. The predicted octanol–water partition coefficient (Wildman–Crippen LogP) is 2.75. The number of alkyl carbamates (subject to hydrolysis) is 1. The molecule has 2 amide bonds. The van der Waals surface area contributed by atoms with Crippen molar-refractivity contribution in [3.8, 4) is 0 Å². The van der Waals surface area contributed by atoms with Gasteiger partial charge in [0.1, 0.15) is 18.1 Å². The first-order valence-electron chi connectivity index (χ1n) is 7.20. The lowest BCUT2D eigenvalue weighted by molar-refractivity contribution is 0.0507. The number of hydrogen-bond acceptors (Lipinski definition) is 4. The zero-order valence-electron chi connectivity index (χ0n) is 14.0. The molecule has 7 heteroatoms. The molecule has 23 heavy (non-hydrogen) atoms. The van der Waals surface area contributed by atoms with Crippen LogP contribution in [0, 0.1) is 5.82 Å². The van der Waals surface area contributed by atoms with Crippen molar-refractivity contribution in [2.45, 2.75) is 39.3 Å². The number of amides is 2. The summed E-state index contributed by atoms with van der Waals surface area (Å²) in [6, 6.07) is 3.69. The molecule has 1 rings (SSSR count). The van der Waals surface area contributed by atoms with Gasteiger partial charge in [0.25, 0.3) is 5.91 Å². The minimum atomic E-state index is -0.672. The Morgan fingerprint density at radius 1 is 1.30 bits per heavy atom. The molecule has 1 aromatic carbocycles. The Labute approximate surface area is 135 Å². The van der Waals surface area contributed by atoms with Gasteiger partial charge in [-0.05, 0) is 45.4 Å². The first kappa shape index (κ1) is 18.9. The monoisotopic (exact) mass is 326 g/mol. The lowest BCUT2D eigenvalue weighted by Crippen LogP contribution is -2.34. The van der Waals surface area contributed by atoms with E-state index in [-0.39, 0.29) is 12.3 Å². The number of nitrogens with one attached hydrogen (secondary N) is 2. The SMILES string of the molecule is COCNC(=O)c1ccc([C@H](C)NC(=O)OC(C)(C)C)cc1F. The van der Waals surface area contributed by atoms with Crippen LogP contribution in [0.4, 0.5) is 9.18 Å². The summed E-state index contributed by atoms with van der Waals surface area (Å²) in [6.07, 6.45) is -0.590. The second-order valence-corrected chi connectivity index (χ2v) is 6.05. The van der Waals surface area contributed by atoms with Crippen molar-refractivity contribution in [3.63, 3.8) is 0 Å². The number of hydrogen-bond donors (Lipinski definition) is 2. The summed E-state index contributed by atoms with van der Waals surface area (Å²) >= 11 is 0. The van der Waals surface area contributed by atoms with Crippen molar-refractivity contribution in [2.24, 2.45) is 0 Å². The van der Waals surface area contributed by atoms with E-state index in [0.29, 0.717) is 5.56 Å². The van der Waals surface area contributed by atoms with Gasteiger partial charge in [0.05, 0.1) is 11.6 Å². The average molecular weight is 326 g/mol. The second kappa shape index (κ2) is 7.92. The standard InChI is InChI=1S/C16H23FN2O4/c1-10(19-15(21)23-16(2,3)4)11-6-7-12(13(17)8-11)14(20)18-9-22-5/h6-8,10H,9H2,1-5H3,(H,18,20)(H,19,21)/t10-/m0/s1. The van der Waals surface area contributed by atoms with Crippen LogP contribution in [0.25, 0.3) is 0 Å². The molecule has 2 N–H and O–H groups in total. The van der Waals surface area contributed by atoms with Gasteiger partial charge in [0, 0.05) is 7.11 Å². The van der Waals surface area contributed by atoms with Crippen molar-refractivity contribution in [2.75, 3.05) is 13.8 Å². The molecule has 0 radical (unpaired) electrons. The van der Waals surface area contributed by atoms with Crippen molar-refractivity contribution < 1.29 is 23.5 Å². The molecule has 0 saturated heterocycles. The highest BCUT2D eigenvalue weighted by Crippen LogP contribution is 2.18. The molecule has 0 aromatic heterocycles. The third-order valence-corrected chi connectivity index (χ3v) is 2.85. The topological polar surface area (TPSA) is 76.7 Å². The van der Waals surface area contributed by atoms with Crippen LogP contribution in [-0.4, -0.2) is 31.4 Å². The Bertz CT molecular complexity index is 570. The second-order valence-electron chi connectivity index (χ2n) is 6.05. The molecule has 0 unspecified atom stereocenters. The Kier molecular flexibility index (Phi) is 6.50. The fraction of sp³-hybridized carbons (Fsp3) is 0.500. The molecule has 0 aliphatic heterocycles. The van der Waals surface area contributed by atoms with Crippen molar-refractivity contribution in [3.05, 3.63) is 35.1 Å². The van der Waals surface area contributed by atoms with E-state index < -0.39 is 29.5 Å².